The number of anilines is 3. The molecule has 2 aromatic rings. The van der Waals surface area contributed by atoms with Crippen LogP contribution in [-0.4, -0.2) is 21.5 Å². The summed E-state index contributed by atoms with van der Waals surface area (Å²) >= 11 is 0. The lowest BCUT2D eigenvalue weighted by Gasteiger charge is -2.21. The smallest absolute Gasteiger partial charge is 0.261 e. The Morgan fingerprint density at radius 1 is 0.955 bits per heavy atom. The van der Waals surface area contributed by atoms with Crippen molar-refractivity contribution >= 4 is 27.1 Å². The first-order valence-electron chi connectivity index (χ1n) is 7.19. The fraction of sp³-hybridized carbons (Fsp3) is 0.250. The number of sulfonamides is 1. The van der Waals surface area contributed by atoms with E-state index in [4.69, 9.17) is 5.73 Å². The maximum atomic E-state index is 12.3. The van der Waals surface area contributed by atoms with Gasteiger partial charge in [-0.05, 0) is 62.4 Å². The molecule has 0 fully saturated rings. The van der Waals surface area contributed by atoms with Gasteiger partial charge in [-0.1, -0.05) is 0 Å². The van der Waals surface area contributed by atoms with E-state index in [0.717, 1.165) is 18.8 Å². The van der Waals surface area contributed by atoms with Crippen molar-refractivity contribution in [2.24, 2.45) is 0 Å². The third-order valence-corrected chi connectivity index (χ3v) is 4.84. The van der Waals surface area contributed by atoms with E-state index in [1.54, 1.807) is 24.3 Å². The van der Waals surface area contributed by atoms with Gasteiger partial charge in [0.05, 0.1) is 4.90 Å². The molecule has 0 atom stereocenters. The molecule has 0 bridgehead atoms. The minimum absolute atomic E-state index is 0.189. The van der Waals surface area contributed by atoms with Crippen LogP contribution >= 0.6 is 0 Å². The molecular formula is C16H21N3O2S. The van der Waals surface area contributed by atoms with Gasteiger partial charge in [-0.15, -0.1) is 0 Å². The Morgan fingerprint density at radius 3 is 2.00 bits per heavy atom. The minimum atomic E-state index is -3.59. The molecule has 5 nitrogen and oxygen atoms in total. The lowest BCUT2D eigenvalue weighted by molar-refractivity contribution is 0.601. The summed E-state index contributed by atoms with van der Waals surface area (Å²) in [6, 6.07) is 13.5. The van der Waals surface area contributed by atoms with Crippen LogP contribution in [0.4, 0.5) is 17.1 Å². The molecule has 0 aliphatic rings. The Morgan fingerprint density at radius 2 is 1.50 bits per heavy atom. The zero-order chi connectivity index (χ0) is 16.2. The molecule has 22 heavy (non-hydrogen) atoms. The van der Waals surface area contributed by atoms with E-state index in [9.17, 15) is 8.42 Å². The van der Waals surface area contributed by atoms with Crippen LogP contribution in [-0.2, 0) is 10.0 Å². The number of nitrogens with zero attached hydrogens (tertiary/aromatic N) is 1. The standard InChI is InChI=1S/C16H21N3O2S/c1-3-19(4-2)15-9-7-14(8-10-15)18-22(20,21)16-11-5-13(17)6-12-16/h5-12,18H,3-4,17H2,1-2H3. The fourth-order valence-electron chi connectivity index (χ4n) is 2.19. The first-order chi connectivity index (χ1) is 10.5. The SMILES string of the molecule is CCN(CC)c1ccc(NS(=O)(=O)c2ccc(N)cc2)cc1. The summed E-state index contributed by atoms with van der Waals surface area (Å²) in [5.41, 5.74) is 7.71. The molecule has 0 saturated heterocycles. The average molecular weight is 319 g/mol. The molecule has 3 N–H and O–H groups in total. The highest BCUT2D eigenvalue weighted by Crippen LogP contribution is 2.21. The molecule has 0 aliphatic heterocycles. The molecule has 0 aliphatic carbocycles. The molecule has 0 saturated carbocycles. The van der Waals surface area contributed by atoms with Gasteiger partial charge in [0.25, 0.3) is 10.0 Å². The molecule has 2 aromatic carbocycles. The van der Waals surface area contributed by atoms with Crippen LogP contribution in [0.3, 0.4) is 0 Å². The molecule has 0 heterocycles. The molecular weight excluding hydrogens is 298 g/mol. The molecule has 0 amide bonds. The highest BCUT2D eigenvalue weighted by Gasteiger charge is 2.14. The summed E-state index contributed by atoms with van der Waals surface area (Å²) in [6.45, 7) is 5.99. The Hall–Kier alpha value is -2.21. The van der Waals surface area contributed by atoms with Gasteiger partial charge in [0, 0.05) is 30.2 Å². The summed E-state index contributed by atoms with van der Waals surface area (Å²) in [5.74, 6) is 0. The van der Waals surface area contributed by atoms with Gasteiger partial charge in [-0.2, -0.15) is 0 Å². The summed E-state index contributed by atoms with van der Waals surface area (Å²) in [7, 11) is -3.59. The number of nitrogens with one attached hydrogen (secondary N) is 1. The van der Waals surface area contributed by atoms with Crippen LogP contribution in [0.2, 0.25) is 0 Å². The van der Waals surface area contributed by atoms with Crippen LogP contribution in [0.15, 0.2) is 53.4 Å². The Labute approximate surface area is 131 Å². The van der Waals surface area contributed by atoms with Crippen LogP contribution in [0.1, 0.15) is 13.8 Å². The van der Waals surface area contributed by atoms with Crippen LogP contribution in [0.25, 0.3) is 0 Å². The molecule has 0 spiro atoms. The van der Waals surface area contributed by atoms with Crippen molar-refractivity contribution in [1.82, 2.24) is 0 Å². The predicted molar refractivity (Wildman–Crippen MR) is 91.7 cm³/mol. The number of nitrogens with two attached hydrogens (primary N) is 1. The van der Waals surface area contributed by atoms with Crippen molar-refractivity contribution in [1.29, 1.82) is 0 Å². The van der Waals surface area contributed by atoms with E-state index >= 15 is 0 Å². The van der Waals surface area contributed by atoms with Gasteiger partial charge in [0.1, 0.15) is 0 Å². The largest absolute Gasteiger partial charge is 0.399 e. The Kier molecular flexibility index (Phi) is 4.92. The zero-order valence-corrected chi connectivity index (χ0v) is 13.6. The molecule has 0 aromatic heterocycles. The lowest BCUT2D eigenvalue weighted by atomic mass is 10.2. The summed E-state index contributed by atoms with van der Waals surface area (Å²) in [5, 5.41) is 0. The maximum Gasteiger partial charge on any atom is 0.261 e. The fourth-order valence-corrected chi connectivity index (χ4v) is 3.25. The van der Waals surface area contributed by atoms with Crippen molar-refractivity contribution in [3.63, 3.8) is 0 Å². The van der Waals surface area contributed by atoms with Gasteiger partial charge < -0.3 is 10.6 Å². The van der Waals surface area contributed by atoms with Crippen LogP contribution < -0.4 is 15.4 Å². The predicted octanol–water partition coefficient (Wildman–Crippen LogP) is 2.92. The second-order valence-electron chi connectivity index (χ2n) is 4.89. The monoisotopic (exact) mass is 319 g/mol. The van der Waals surface area contributed by atoms with Gasteiger partial charge in [-0.3, -0.25) is 4.72 Å². The van der Waals surface area contributed by atoms with Crippen LogP contribution in [0, 0.1) is 0 Å². The third-order valence-electron chi connectivity index (χ3n) is 3.44. The van der Waals surface area contributed by atoms with Crippen molar-refractivity contribution < 1.29 is 8.42 Å². The van der Waals surface area contributed by atoms with Crippen molar-refractivity contribution in [2.75, 3.05) is 28.4 Å². The number of nitrogen functional groups attached to an aromatic ring is 1. The van der Waals surface area contributed by atoms with E-state index in [-0.39, 0.29) is 4.90 Å². The number of rotatable bonds is 6. The van der Waals surface area contributed by atoms with Crippen LogP contribution in [0.5, 0.6) is 0 Å². The summed E-state index contributed by atoms with van der Waals surface area (Å²) < 4.78 is 27.1. The van der Waals surface area contributed by atoms with E-state index in [0.29, 0.717) is 11.4 Å². The minimum Gasteiger partial charge on any atom is -0.399 e. The second-order valence-corrected chi connectivity index (χ2v) is 6.58. The van der Waals surface area contributed by atoms with E-state index in [1.807, 2.05) is 12.1 Å². The molecule has 2 rings (SSSR count). The van der Waals surface area contributed by atoms with Crippen molar-refractivity contribution in [2.45, 2.75) is 18.7 Å². The van der Waals surface area contributed by atoms with Gasteiger partial charge in [0.15, 0.2) is 0 Å². The lowest BCUT2D eigenvalue weighted by Crippen LogP contribution is -2.21. The number of hydrogen-bond acceptors (Lipinski definition) is 4. The van der Waals surface area contributed by atoms with E-state index in [2.05, 4.69) is 23.5 Å². The molecule has 6 heteroatoms. The topological polar surface area (TPSA) is 75.4 Å². The molecule has 0 unspecified atom stereocenters. The number of benzene rings is 2. The van der Waals surface area contributed by atoms with Gasteiger partial charge in [0.2, 0.25) is 0 Å². The first-order valence-corrected chi connectivity index (χ1v) is 8.68. The quantitative estimate of drug-likeness (QED) is 0.803. The van der Waals surface area contributed by atoms with E-state index < -0.39 is 10.0 Å². The molecule has 118 valence electrons. The van der Waals surface area contributed by atoms with Crippen molar-refractivity contribution in [3.05, 3.63) is 48.5 Å². The second kappa shape index (κ2) is 6.70. The van der Waals surface area contributed by atoms with Gasteiger partial charge >= 0.3 is 0 Å². The summed E-state index contributed by atoms with van der Waals surface area (Å²) in [4.78, 5) is 2.38. The number of hydrogen-bond donors (Lipinski definition) is 2. The average Bonchev–Trinajstić information content (AvgIpc) is 2.50. The van der Waals surface area contributed by atoms with Crippen molar-refractivity contribution in [3.8, 4) is 0 Å². The highest BCUT2D eigenvalue weighted by atomic mass is 32.2. The maximum absolute atomic E-state index is 12.3. The van der Waals surface area contributed by atoms with E-state index in [1.165, 1.54) is 12.1 Å². The van der Waals surface area contributed by atoms with Gasteiger partial charge in [-0.25, -0.2) is 8.42 Å². The first kappa shape index (κ1) is 16.2. The molecule has 0 radical (unpaired) electrons. The third kappa shape index (κ3) is 3.71. The Balaban J connectivity index is 2.18. The normalized spacial score (nSPS) is 11.2. The zero-order valence-electron chi connectivity index (χ0n) is 12.8. The highest BCUT2D eigenvalue weighted by molar-refractivity contribution is 7.92. The summed E-state index contributed by atoms with van der Waals surface area (Å²) in [6.07, 6.45) is 0. The Bertz CT molecular complexity index is 706.